The van der Waals surface area contributed by atoms with Gasteiger partial charge in [0.1, 0.15) is 0 Å². The van der Waals surface area contributed by atoms with E-state index in [-0.39, 0.29) is 36.4 Å². The van der Waals surface area contributed by atoms with Crippen molar-refractivity contribution < 1.29 is 14.3 Å². The van der Waals surface area contributed by atoms with Crippen molar-refractivity contribution in [3.63, 3.8) is 0 Å². The van der Waals surface area contributed by atoms with Crippen LogP contribution in [-0.2, 0) is 14.3 Å². The molecule has 1 aliphatic rings. The molecule has 8 heteroatoms. The smallest absolute Gasteiger partial charge is 0.239 e. The summed E-state index contributed by atoms with van der Waals surface area (Å²) in [6, 6.07) is 0. The van der Waals surface area contributed by atoms with Crippen LogP contribution in [0.4, 0.5) is 0 Å². The molecule has 0 aromatic heterocycles. The number of carbonyl (C=O) groups excluding carboxylic acids is 1. The summed E-state index contributed by atoms with van der Waals surface area (Å²) in [5.41, 5.74) is 0. The van der Waals surface area contributed by atoms with E-state index in [4.69, 9.17) is 9.47 Å². The maximum atomic E-state index is 11.5. The summed E-state index contributed by atoms with van der Waals surface area (Å²) < 4.78 is 10.4. The van der Waals surface area contributed by atoms with Crippen LogP contribution in [0.2, 0.25) is 0 Å². The third kappa shape index (κ3) is 12.0. The molecular weight excluding hydrogens is 399 g/mol. The number of amides is 1. The molecule has 0 saturated heterocycles. The summed E-state index contributed by atoms with van der Waals surface area (Å²) in [5.74, 6) is 1.35. The van der Waals surface area contributed by atoms with Gasteiger partial charge in [-0.3, -0.25) is 9.79 Å². The molecule has 0 atom stereocenters. The van der Waals surface area contributed by atoms with Crippen molar-refractivity contribution in [3.8, 4) is 0 Å². The fourth-order valence-electron chi connectivity index (χ4n) is 1.66. The van der Waals surface area contributed by atoms with Crippen LogP contribution < -0.4 is 16.0 Å². The summed E-state index contributed by atoms with van der Waals surface area (Å²) >= 11 is 0. The normalized spacial score (nSPS) is 14.2. The van der Waals surface area contributed by atoms with E-state index < -0.39 is 0 Å². The highest BCUT2D eigenvalue weighted by Gasteiger charge is 2.20. The van der Waals surface area contributed by atoms with E-state index >= 15 is 0 Å². The molecule has 130 valence electrons. The predicted molar refractivity (Wildman–Crippen MR) is 97.8 cm³/mol. The molecule has 0 aromatic rings. The van der Waals surface area contributed by atoms with Crippen LogP contribution >= 0.6 is 24.0 Å². The van der Waals surface area contributed by atoms with Crippen molar-refractivity contribution in [2.75, 3.05) is 53.6 Å². The van der Waals surface area contributed by atoms with Crippen molar-refractivity contribution in [3.05, 3.63) is 0 Å². The maximum Gasteiger partial charge on any atom is 0.239 e. The molecular formula is C14H29IN4O3. The molecule has 7 nitrogen and oxygen atoms in total. The Morgan fingerprint density at radius 3 is 2.59 bits per heavy atom. The molecule has 1 rings (SSSR count). The Morgan fingerprint density at radius 1 is 1.18 bits per heavy atom. The number of ether oxygens (including phenoxy) is 2. The predicted octanol–water partition coefficient (Wildman–Crippen LogP) is 0.349. The maximum absolute atomic E-state index is 11.5. The van der Waals surface area contributed by atoms with Crippen LogP contribution in [0.15, 0.2) is 4.99 Å². The number of hydrogen-bond donors (Lipinski definition) is 3. The Hall–Kier alpha value is -0.610. The summed E-state index contributed by atoms with van der Waals surface area (Å²) in [4.78, 5) is 15.6. The Morgan fingerprint density at radius 2 is 1.95 bits per heavy atom. The number of hydrogen-bond acceptors (Lipinski definition) is 4. The van der Waals surface area contributed by atoms with Crippen molar-refractivity contribution in [2.45, 2.75) is 19.3 Å². The molecule has 0 aromatic carbocycles. The van der Waals surface area contributed by atoms with E-state index in [1.165, 1.54) is 12.8 Å². The number of halogens is 1. The lowest BCUT2D eigenvalue weighted by molar-refractivity contribution is -0.120. The molecule has 3 N–H and O–H groups in total. The van der Waals surface area contributed by atoms with E-state index in [1.54, 1.807) is 14.2 Å². The quantitative estimate of drug-likeness (QED) is 0.192. The fourth-order valence-corrected chi connectivity index (χ4v) is 1.66. The first-order chi connectivity index (χ1) is 10.3. The monoisotopic (exact) mass is 428 g/mol. The summed E-state index contributed by atoms with van der Waals surface area (Å²) in [5, 5.41) is 8.84. The van der Waals surface area contributed by atoms with Crippen molar-refractivity contribution in [2.24, 2.45) is 10.9 Å². The van der Waals surface area contributed by atoms with E-state index in [0.717, 1.165) is 32.1 Å². The molecule has 0 spiro atoms. The number of rotatable bonds is 11. The average Bonchev–Trinajstić information content (AvgIpc) is 3.30. The van der Waals surface area contributed by atoms with E-state index in [2.05, 4.69) is 20.9 Å². The van der Waals surface area contributed by atoms with Crippen LogP contribution in [0.25, 0.3) is 0 Å². The number of methoxy groups -OCH3 is 1. The van der Waals surface area contributed by atoms with E-state index in [1.807, 2.05) is 0 Å². The van der Waals surface area contributed by atoms with Gasteiger partial charge in [0.05, 0.1) is 13.2 Å². The Bertz CT molecular complexity index is 325. The molecule has 0 bridgehead atoms. The van der Waals surface area contributed by atoms with Gasteiger partial charge in [-0.05, 0) is 25.2 Å². The first-order valence-corrected chi connectivity index (χ1v) is 7.54. The van der Waals surface area contributed by atoms with Crippen LogP contribution in [0, 0.1) is 5.92 Å². The highest BCUT2D eigenvalue weighted by molar-refractivity contribution is 14.0. The third-order valence-corrected chi connectivity index (χ3v) is 3.08. The van der Waals surface area contributed by atoms with Gasteiger partial charge in [0, 0.05) is 40.5 Å². The number of nitrogens with zero attached hydrogens (tertiary/aromatic N) is 1. The zero-order chi connectivity index (χ0) is 15.3. The first-order valence-electron chi connectivity index (χ1n) is 7.54. The molecule has 1 amide bonds. The zero-order valence-electron chi connectivity index (χ0n) is 13.5. The highest BCUT2D eigenvalue weighted by atomic mass is 127. The second kappa shape index (κ2) is 14.0. The van der Waals surface area contributed by atoms with E-state index in [0.29, 0.717) is 19.1 Å². The lowest BCUT2D eigenvalue weighted by Gasteiger charge is -2.12. The minimum atomic E-state index is -0.0808. The SMILES string of the molecule is CN=C(NCCCOCC1CC1)NCC(=O)NCCOC.I. The summed E-state index contributed by atoms with van der Waals surface area (Å²) in [6.45, 7) is 3.66. The number of aliphatic imine (C=N–C) groups is 1. The topological polar surface area (TPSA) is 84.0 Å². The lowest BCUT2D eigenvalue weighted by Crippen LogP contribution is -2.44. The van der Waals surface area contributed by atoms with Crippen molar-refractivity contribution >= 4 is 35.8 Å². The van der Waals surface area contributed by atoms with Crippen LogP contribution in [-0.4, -0.2) is 65.5 Å². The second-order valence-electron chi connectivity index (χ2n) is 5.07. The summed E-state index contributed by atoms with van der Waals surface area (Å²) in [7, 11) is 3.28. The molecule has 1 saturated carbocycles. The Kier molecular flexibility index (Phi) is 13.6. The van der Waals surface area contributed by atoms with Gasteiger partial charge in [-0.25, -0.2) is 0 Å². The van der Waals surface area contributed by atoms with Crippen LogP contribution in [0.5, 0.6) is 0 Å². The largest absolute Gasteiger partial charge is 0.383 e. The van der Waals surface area contributed by atoms with Crippen molar-refractivity contribution in [1.29, 1.82) is 0 Å². The van der Waals surface area contributed by atoms with Gasteiger partial charge in [-0.15, -0.1) is 24.0 Å². The molecule has 0 aliphatic heterocycles. The minimum absolute atomic E-state index is 0. The Balaban J connectivity index is 0.00000441. The molecule has 1 fully saturated rings. The second-order valence-corrected chi connectivity index (χ2v) is 5.07. The van der Waals surface area contributed by atoms with Gasteiger partial charge in [0.25, 0.3) is 0 Å². The molecule has 22 heavy (non-hydrogen) atoms. The molecule has 0 unspecified atom stereocenters. The fraction of sp³-hybridized carbons (Fsp3) is 0.857. The van der Waals surface area contributed by atoms with Gasteiger partial charge in [-0.2, -0.15) is 0 Å². The van der Waals surface area contributed by atoms with Gasteiger partial charge >= 0.3 is 0 Å². The van der Waals surface area contributed by atoms with Gasteiger partial charge in [0.15, 0.2) is 5.96 Å². The van der Waals surface area contributed by atoms with Crippen LogP contribution in [0.3, 0.4) is 0 Å². The Labute approximate surface area is 150 Å². The number of carbonyl (C=O) groups is 1. The highest BCUT2D eigenvalue weighted by Crippen LogP contribution is 2.28. The van der Waals surface area contributed by atoms with E-state index in [9.17, 15) is 4.79 Å². The van der Waals surface area contributed by atoms with Gasteiger partial charge in [0.2, 0.25) is 5.91 Å². The first kappa shape index (κ1) is 21.4. The zero-order valence-corrected chi connectivity index (χ0v) is 15.9. The molecule has 0 heterocycles. The number of guanidine groups is 1. The average molecular weight is 428 g/mol. The number of nitrogens with one attached hydrogen (secondary N) is 3. The lowest BCUT2D eigenvalue weighted by atomic mass is 10.4. The van der Waals surface area contributed by atoms with Crippen molar-refractivity contribution in [1.82, 2.24) is 16.0 Å². The van der Waals surface area contributed by atoms with Gasteiger partial charge in [-0.1, -0.05) is 0 Å². The van der Waals surface area contributed by atoms with Gasteiger partial charge < -0.3 is 25.4 Å². The van der Waals surface area contributed by atoms with Crippen LogP contribution in [0.1, 0.15) is 19.3 Å². The molecule has 1 aliphatic carbocycles. The minimum Gasteiger partial charge on any atom is -0.383 e. The standard InChI is InChI=1S/C14H28N4O3.HI/c1-15-14(18-10-13(19)16-7-9-20-2)17-6-3-8-21-11-12-4-5-12;/h12H,3-11H2,1-2H3,(H,16,19)(H2,15,17,18);1H. The third-order valence-electron chi connectivity index (χ3n) is 3.08. The molecule has 0 radical (unpaired) electrons. The summed E-state index contributed by atoms with van der Waals surface area (Å²) in [6.07, 6.45) is 3.57.